The van der Waals surface area contributed by atoms with Crippen molar-refractivity contribution in [1.29, 1.82) is 0 Å². The molecule has 13 heteroatoms. The number of fused-ring (bicyclic) bond motifs is 2. The minimum atomic E-state index is -0.710. The summed E-state index contributed by atoms with van der Waals surface area (Å²) in [6.07, 6.45) is 0.980. The highest BCUT2D eigenvalue weighted by atomic mass is 16.6. The van der Waals surface area contributed by atoms with Crippen LogP contribution in [0, 0.1) is 20.2 Å². The molecule has 0 fully saturated rings. The molecule has 0 unspecified atom stereocenters. The zero-order valence-electron chi connectivity index (χ0n) is 26.9. The normalized spacial score (nSPS) is 16.8. The first-order valence-corrected chi connectivity index (χ1v) is 15.2. The highest BCUT2D eigenvalue weighted by molar-refractivity contribution is 5.78. The highest BCUT2D eigenvalue weighted by Gasteiger charge is 2.41. The lowest BCUT2D eigenvalue weighted by Gasteiger charge is -2.45. The van der Waals surface area contributed by atoms with Crippen molar-refractivity contribution >= 4 is 17.4 Å². The van der Waals surface area contributed by atoms with Gasteiger partial charge in [0.1, 0.15) is 0 Å². The molecule has 48 heavy (non-hydrogen) atoms. The average molecular weight is 655 g/mol. The van der Waals surface area contributed by atoms with E-state index in [1.54, 1.807) is 48.3 Å². The van der Waals surface area contributed by atoms with Crippen LogP contribution in [-0.4, -0.2) is 67.2 Å². The van der Waals surface area contributed by atoms with E-state index in [9.17, 15) is 20.2 Å². The van der Waals surface area contributed by atoms with Crippen LogP contribution >= 0.6 is 0 Å². The van der Waals surface area contributed by atoms with Crippen LogP contribution in [0.5, 0.6) is 23.0 Å². The lowest BCUT2D eigenvalue weighted by atomic mass is 9.86. The number of rotatable bonds is 8. The van der Waals surface area contributed by atoms with Crippen LogP contribution in [0.4, 0.5) is 16.2 Å². The molecule has 4 aromatic carbocycles. The van der Waals surface area contributed by atoms with Crippen molar-refractivity contribution in [3.63, 3.8) is 0 Å². The first-order valence-electron chi connectivity index (χ1n) is 15.2. The minimum Gasteiger partial charge on any atom is -0.493 e. The van der Waals surface area contributed by atoms with Gasteiger partial charge in [0.05, 0.1) is 50.4 Å². The number of nitrogens with zero attached hydrogens (tertiary/aromatic N) is 4. The van der Waals surface area contributed by atoms with Crippen LogP contribution in [-0.2, 0) is 12.8 Å². The van der Waals surface area contributed by atoms with Gasteiger partial charge >= 0.3 is 6.03 Å². The van der Waals surface area contributed by atoms with Crippen molar-refractivity contribution < 1.29 is 33.6 Å². The van der Waals surface area contributed by atoms with Gasteiger partial charge in [-0.05, 0) is 70.5 Å². The number of carbonyl (C=O) groups excluding carboxylic acids is 1. The van der Waals surface area contributed by atoms with Crippen LogP contribution in [0.1, 0.15) is 45.5 Å². The molecule has 6 rings (SSSR count). The molecule has 0 bridgehead atoms. The molecule has 0 spiro atoms. The number of nitro benzene ring substituents is 2. The standard InChI is InChI=1S/C35H34N4O9/c1-45-29-17-21-11-13-36(33(27(21)19-31(29)47-3)23-7-5-9-25(15-23)38(41)42)35(40)37-14-12-22-18-30(46-2)32(48-4)20-28(22)34(37)24-8-6-10-26(16-24)39(43)44/h5-10,15-20,33-34H,11-14H2,1-4H3/t33-,34-/m0/s1. The molecule has 0 aromatic heterocycles. The van der Waals surface area contributed by atoms with Crippen molar-refractivity contribution in [3.05, 3.63) is 126 Å². The van der Waals surface area contributed by atoms with Crippen LogP contribution in [0.15, 0.2) is 72.8 Å². The summed E-state index contributed by atoms with van der Waals surface area (Å²) in [6.45, 7) is 0.594. The van der Waals surface area contributed by atoms with Gasteiger partial charge < -0.3 is 28.7 Å². The van der Waals surface area contributed by atoms with Crippen LogP contribution in [0.2, 0.25) is 0 Å². The number of ether oxygens (including phenoxy) is 4. The van der Waals surface area contributed by atoms with E-state index in [0.717, 1.165) is 22.3 Å². The quantitative estimate of drug-likeness (QED) is 0.159. The van der Waals surface area contributed by atoms with E-state index in [-0.39, 0.29) is 17.4 Å². The van der Waals surface area contributed by atoms with E-state index in [2.05, 4.69) is 0 Å². The molecule has 13 nitrogen and oxygen atoms in total. The molecular formula is C35H34N4O9. The second kappa shape index (κ2) is 13.1. The molecule has 2 atom stereocenters. The number of non-ortho nitro benzene ring substituents is 2. The third-order valence-electron chi connectivity index (χ3n) is 9.03. The molecule has 0 saturated carbocycles. The predicted octanol–water partition coefficient (Wildman–Crippen LogP) is 6.25. The number of hydrogen-bond donors (Lipinski definition) is 0. The van der Waals surface area contributed by atoms with Gasteiger partial charge in [0.25, 0.3) is 11.4 Å². The van der Waals surface area contributed by atoms with Crippen LogP contribution in [0.3, 0.4) is 0 Å². The summed E-state index contributed by atoms with van der Waals surface area (Å²) in [6, 6.07) is 18.2. The van der Waals surface area contributed by atoms with Crippen molar-refractivity contribution in [3.8, 4) is 23.0 Å². The molecule has 2 aliphatic heterocycles. The fourth-order valence-corrected chi connectivity index (χ4v) is 6.80. The number of nitro groups is 2. The van der Waals surface area contributed by atoms with E-state index >= 15 is 4.79 Å². The van der Waals surface area contributed by atoms with Gasteiger partial charge in [-0.25, -0.2) is 4.79 Å². The number of methoxy groups -OCH3 is 4. The Balaban J connectivity index is 1.51. The van der Waals surface area contributed by atoms with Crippen molar-refractivity contribution in [2.45, 2.75) is 24.9 Å². The van der Waals surface area contributed by atoms with Crippen molar-refractivity contribution in [2.24, 2.45) is 0 Å². The number of carbonyl (C=O) groups is 1. The summed E-state index contributed by atoms with van der Waals surface area (Å²) >= 11 is 0. The summed E-state index contributed by atoms with van der Waals surface area (Å²) in [7, 11) is 6.15. The molecule has 4 aromatic rings. The lowest BCUT2D eigenvalue weighted by molar-refractivity contribution is -0.385. The first-order chi connectivity index (χ1) is 23.2. The molecule has 2 amide bonds. The maximum absolute atomic E-state index is 15.0. The Morgan fingerprint density at radius 2 is 1.00 bits per heavy atom. The molecular weight excluding hydrogens is 620 g/mol. The van der Waals surface area contributed by atoms with Gasteiger partial charge in [0, 0.05) is 37.4 Å². The number of benzene rings is 4. The minimum absolute atomic E-state index is 0.102. The Labute approximate surface area is 276 Å². The zero-order valence-corrected chi connectivity index (χ0v) is 26.9. The van der Waals surface area contributed by atoms with Gasteiger partial charge in [0.15, 0.2) is 23.0 Å². The molecule has 0 aliphatic carbocycles. The van der Waals surface area contributed by atoms with E-state index in [1.165, 1.54) is 38.5 Å². The second-order valence-corrected chi connectivity index (χ2v) is 11.5. The van der Waals surface area contributed by atoms with E-state index in [1.807, 2.05) is 24.3 Å². The number of urea groups is 1. The fraction of sp³-hybridized carbons (Fsp3) is 0.286. The van der Waals surface area contributed by atoms with E-state index in [0.29, 0.717) is 60.1 Å². The summed E-state index contributed by atoms with van der Waals surface area (Å²) in [5.41, 5.74) is 4.26. The molecule has 0 radical (unpaired) electrons. The fourth-order valence-electron chi connectivity index (χ4n) is 6.80. The highest BCUT2D eigenvalue weighted by Crippen LogP contribution is 2.45. The smallest absolute Gasteiger partial charge is 0.321 e. The summed E-state index contributed by atoms with van der Waals surface area (Å²) in [5, 5.41) is 23.7. The Morgan fingerprint density at radius 3 is 1.35 bits per heavy atom. The third kappa shape index (κ3) is 5.67. The molecule has 0 N–H and O–H groups in total. The first kappa shape index (κ1) is 32.1. The largest absolute Gasteiger partial charge is 0.493 e. The topological polar surface area (TPSA) is 147 Å². The van der Waals surface area contributed by atoms with Crippen LogP contribution < -0.4 is 18.9 Å². The van der Waals surface area contributed by atoms with Gasteiger partial charge in [0.2, 0.25) is 0 Å². The summed E-state index contributed by atoms with van der Waals surface area (Å²) in [4.78, 5) is 41.2. The Hall–Kier alpha value is -5.85. The summed E-state index contributed by atoms with van der Waals surface area (Å²) in [5.74, 6) is 2.00. The lowest BCUT2D eigenvalue weighted by Crippen LogP contribution is -2.51. The predicted molar refractivity (Wildman–Crippen MR) is 175 cm³/mol. The second-order valence-electron chi connectivity index (χ2n) is 11.5. The molecule has 2 heterocycles. The monoisotopic (exact) mass is 654 g/mol. The van der Waals surface area contributed by atoms with Gasteiger partial charge in [-0.3, -0.25) is 20.2 Å². The van der Waals surface area contributed by atoms with E-state index in [4.69, 9.17) is 18.9 Å². The molecule has 248 valence electrons. The summed E-state index contributed by atoms with van der Waals surface area (Å²) < 4.78 is 22.3. The van der Waals surface area contributed by atoms with Gasteiger partial charge in [-0.1, -0.05) is 24.3 Å². The SMILES string of the molecule is COc1cc2c(cc1OC)[C@H](c1cccc([N+](=O)[O-])c1)N(C(=O)N1CCc3cc(OC)c(OC)cc3[C@@H]1c1cccc([N+](=O)[O-])c1)CC2. The van der Waals surface area contributed by atoms with Crippen LogP contribution in [0.25, 0.3) is 0 Å². The molecule has 0 saturated heterocycles. The number of amides is 2. The Bertz CT molecular complexity index is 1780. The Kier molecular flexibility index (Phi) is 8.76. The number of hydrogen-bond acceptors (Lipinski definition) is 9. The maximum atomic E-state index is 15.0. The van der Waals surface area contributed by atoms with Crippen molar-refractivity contribution in [2.75, 3.05) is 41.5 Å². The average Bonchev–Trinajstić information content (AvgIpc) is 3.12. The van der Waals surface area contributed by atoms with Gasteiger partial charge in [-0.2, -0.15) is 0 Å². The van der Waals surface area contributed by atoms with Crippen molar-refractivity contribution in [1.82, 2.24) is 9.80 Å². The molecule has 2 aliphatic rings. The van der Waals surface area contributed by atoms with Gasteiger partial charge in [-0.15, -0.1) is 0 Å². The Morgan fingerprint density at radius 1 is 0.625 bits per heavy atom. The zero-order chi connectivity index (χ0) is 34.1. The third-order valence-corrected chi connectivity index (χ3v) is 9.03. The maximum Gasteiger partial charge on any atom is 0.321 e. The van der Waals surface area contributed by atoms with E-state index < -0.39 is 21.9 Å².